The molecule has 0 aliphatic carbocycles. The molecule has 1 aromatic heterocycles. The molecule has 0 spiro atoms. The Kier molecular flexibility index (Phi) is 2.98. The lowest BCUT2D eigenvalue weighted by molar-refractivity contribution is 0.0891. The van der Waals surface area contributed by atoms with Crippen molar-refractivity contribution in [1.82, 2.24) is 0 Å². The van der Waals surface area contributed by atoms with Crippen molar-refractivity contribution in [3.63, 3.8) is 0 Å². The summed E-state index contributed by atoms with van der Waals surface area (Å²) in [5.41, 5.74) is 6.18. The number of carbonyl (C=O) groups is 1. The fourth-order valence-corrected chi connectivity index (χ4v) is 1.60. The first-order chi connectivity index (χ1) is 7.99. The minimum Gasteiger partial charge on any atom is -0.453 e. The van der Waals surface area contributed by atoms with E-state index in [-0.39, 0.29) is 29.3 Å². The maximum atomic E-state index is 13.0. The van der Waals surface area contributed by atoms with Gasteiger partial charge in [-0.3, -0.25) is 4.79 Å². The highest BCUT2D eigenvalue weighted by Crippen LogP contribution is 2.22. The van der Waals surface area contributed by atoms with Gasteiger partial charge in [0, 0.05) is 17.3 Å². The lowest BCUT2D eigenvalue weighted by Crippen LogP contribution is -2.30. The van der Waals surface area contributed by atoms with E-state index >= 15 is 0 Å². The third-order valence-corrected chi connectivity index (χ3v) is 2.92. The topological polar surface area (TPSA) is 56.2 Å². The summed E-state index contributed by atoms with van der Waals surface area (Å²) >= 11 is 0. The molecule has 0 aliphatic heterocycles. The molecule has 4 heteroatoms. The first kappa shape index (κ1) is 11.8. The van der Waals surface area contributed by atoms with E-state index in [0.29, 0.717) is 11.0 Å². The Bertz CT molecular complexity index is 560. The molecule has 3 nitrogen and oxygen atoms in total. The van der Waals surface area contributed by atoms with Crippen LogP contribution in [0.4, 0.5) is 4.39 Å². The molecule has 2 atom stereocenters. The number of hydrogen-bond donors (Lipinski definition) is 1. The molecular weight excluding hydrogens is 221 g/mol. The van der Waals surface area contributed by atoms with Gasteiger partial charge in [-0.1, -0.05) is 6.92 Å². The molecule has 0 saturated heterocycles. The number of Topliss-reactive ketones (excluding diaryl/α,β-unsaturated/α-hetero) is 1. The zero-order chi connectivity index (χ0) is 12.6. The zero-order valence-electron chi connectivity index (χ0n) is 9.74. The third kappa shape index (κ3) is 2.22. The number of fused-ring (bicyclic) bond motifs is 1. The van der Waals surface area contributed by atoms with E-state index in [1.807, 2.05) is 0 Å². The van der Waals surface area contributed by atoms with Crippen LogP contribution in [0.1, 0.15) is 24.4 Å². The molecule has 2 rings (SSSR count). The number of furan rings is 1. The molecule has 1 heterocycles. The Labute approximate surface area is 98.4 Å². The normalized spacial score (nSPS) is 14.8. The molecule has 0 amide bonds. The van der Waals surface area contributed by atoms with E-state index in [2.05, 4.69) is 0 Å². The highest BCUT2D eigenvalue weighted by molar-refractivity contribution is 5.99. The second-order valence-corrected chi connectivity index (χ2v) is 4.30. The molecule has 2 unspecified atom stereocenters. The van der Waals surface area contributed by atoms with E-state index in [1.165, 1.54) is 18.2 Å². The first-order valence-corrected chi connectivity index (χ1v) is 5.48. The third-order valence-electron chi connectivity index (χ3n) is 2.92. The van der Waals surface area contributed by atoms with Crippen molar-refractivity contribution in [2.75, 3.05) is 0 Å². The number of halogens is 1. The smallest absolute Gasteiger partial charge is 0.202 e. The summed E-state index contributed by atoms with van der Waals surface area (Å²) in [6.45, 7) is 3.52. The van der Waals surface area contributed by atoms with Crippen LogP contribution in [0.2, 0.25) is 0 Å². The predicted octanol–water partition coefficient (Wildman–Crippen LogP) is 2.74. The minimum absolute atomic E-state index is 0.156. The van der Waals surface area contributed by atoms with E-state index in [1.54, 1.807) is 19.9 Å². The van der Waals surface area contributed by atoms with Crippen LogP contribution in [0.25, 0.3) is 11.0 Å². The van der Waals surface area contributed by atoms with E-state index in [9.17, 15) is 9.18 Å². The molecule has 17 heavy (non-hydrogen) atoms. The number of nitrogens with two attached hydrogens (primary N) is 1. The number of ketones is 1. The second kappa shape index (κ2) is 4.30. The minimum atomic E-state index is -0.349. The van der Waals surface area contributed by atoms with Crippen molar-refractivity contribution in [1.29, 1.82) is 0 Å². The highest BCUT2D eigenvalue weighted by atomic mass is 19.1. The molecule has 0 saturated carbocycles. The van der Waals surface area contributed by atoms with Crippen LogP contribution in [0.15, 0.2) is 28.7 Å². The maximum Gasteiger partial charge on any atom is 0.202 e. The molecule has 2 N–H and O–H groups in total. The Morgan fingerprint density at radius 3 is 2.71 bits per heavy atom. The van der Waals surface area contributed by atoms with Gasteiger partial charge in [-0.05, 0) is 31.2 Å². The van der Waals surface area contributed by atoms with Crippen molar-refractivity contribution in [2.45, 2.75) is 19.9 Å². The van der Waals surface area contributed by atoms with Gasteiger partial charge in [0.25, 0.3) is 0 Å². The Hall–Kier alpha value is -1.68. The number of hydrogen-bond acceptors (Lipinski definition) is 3. The molecule has 0 aliphatic rings. The van der Waals surface area contributed by atoms with Crippen molar-refractivity contribution in [3.8, 4) is 0 Å². The van der Waals surface area contributed by atoms with Gasteiger partial charge in [0.1, 0.15) is 11.4 Å². The van der Waals surface area contributed by atoms with Crippen LogP contribution in [0, 0.1) is 11.7 Å². The van der Waals surface area contributed by atoms with Gasteiger partial charge in [-0.25, -0.2) is 4.39 Å². The second-order valence-electron chi connectivity index (χ2n) is 4.30. The molecule has 0 radical (unpaired) electrons. The Balaban J connectivity index is 2.40. The van der Waals surface area contributed by atoms with Crippen LogP contribution >= 0.6 is 0 Å². The quantitative estimate of drug-likeness (QED) is 0.832. The van der Waals surface area contributed by atoms with Crippen LogP contribution in [-0.2, 0) is 0 Å². The average molecular weight is 235 g/mol. The predicted molar refractivity (Wildman–Crippen MR) is 63.3 cm³/mol. The van der Waals surface area contributed by atoms with Crippen molar-refractivity contribution in [2.24, 2.45) is 11.7 Å². The molecule has 0 bridgehead atoms. The Morgan fingerprint density at radius 2 is 2.06 bits per heavy atom. The van der Waals surface area contributed by atoms with Gasteiger partial charge < -0.3 is 10.2 Å². The molecule has 2 aromatic rings. The van der Waals surface area contributed by atoms with Crippen LogP contribution < -0.4 is 5.73 Å². The fraction of sp³-hybridized carbons (Fsp3) is 0.308. The lowest BCUT2D eigenvalue weighted by atomic mass is 9.98. The van der Waals surface area contributed by atoms with E-state index < -0.39 is 0 Å². The van der Waals surface area contributed by atoms with Crippen LogP contribution in [0.5, 0.6) is 0 Å². The largest absolute Gasteiger partial charge is 0.453 e. The van der Waals surface area contributed by atoms with Crippen molar-refractivity contribution in [3.05, 3.63) is 35.8 Å². The summed E-state index contributed by atoms with van der Waals surface area (Å²) in [6.07, 6.45) is 0. The van der Waals surface area contributed by atoms with E-state index in [0.717, 1.165) is 0 Å². The molecule has 90 valence electrons. The summed E-state index contributed by atoms with van der Waals surface area (Å²) in [5.74, 6) is -0.593. The van der Waals surface area contributed by atoms with Crippen LogP contribution in [0.3, 0.4) is 0 Å². The van der Waals surface area contributed by atoms with Gasteiger partial charge >= 0.3 is 0 Å². The average Bonchev–Trinajstić information content (AvgIpc) is 2.69. The van der Waals surface area contributed by atoms with Gasteiger partial charge in [0.2, 0.25) is 5.78 Å². The summed E-state index contributed by atoms with van der Waals surface area (Å²) in [5, 5.41) is 0.588. The maximum absolute atomic E-state index is 13.0. The van der Waals surface area contributed by atoms with Crippen molar-refractivity contribution >= 4 is 16.8 Å². The van der Waals surface area contributed by atoms with Gasteiger partial charge in [-0.15, -0.1) is 0 Å². The monoisotopic (exact) mass is 235 g/mol. The summed E-state index contributed by atoms with van der Waals surface area (Å²) in [7, 11) is 0. The zero-order valence-corrected chi connectivity index (χ0v) is 9.74. The highest BCUT2D eigenvalue weighted by Gasteiger charge is 2.22. The van der Waals surface area contributed by atoms with Gasteiger partial charge in [0.05, 0.1) is 0 Å². The lowest BCUT2D eigenvalue weighted by Gasteiger charge is -2.11. The SMILES string of the molecule is CC(N)C(C)C(=O)c1cc2cc(F)ccc2o1. The molecular formula is C13H14FNO2. The number of benzene rings is 1. The van der Waals surface area contributed by atoms with E-state index in [4.69, 9.17) is 10.2 Å². The number of rotatable bonds is 3. The molecule has 1 aromatic carbocycles. The summed E-state index contributed by atoms with van der Waals surface area (Å²) in [6, 6.07) is 5.46. The van der Waals surface area contributed by atoms with Crippen molar-refractivity contribution < 1.29 is 13.6 Å². The fourth-order valence-electron chi connectivity index (χ4n) is 1.60. The van der Waals surface area contributed by atoms with Crippen LogP contribution in [-0.4, -0.2) is 11.8 Å². The summed E-state index contributed by atoms with van der Waals surface area (Å²) < 4.78 is 18.4. The number of carbonyl (C=O) groups excluding carboxylic acids is 1. The standard InChI is InChI=1S/C13H14FNO2/c1-7(8(2)15)13(16)12-6-9-5-10(14)3-4-11(9)17-12/h3-8H,15H2,1-2H3. The molecule has 0 fully saturated rings. The van der Waals surface area contributed by atoms with Gasteiger partial charge in [-0.2, -0.15) is 0 Å². The van der Waals surface area contributed by atoms with Gasteiger partial charge in [0.15, 0.2) is 5.76 Å². The first-order valence-electron chi connectivity index (χ1n) is 5.48. The summed E-state index contributed by atoms with van der Waals surface area (Å²) in [4.78, 5) is 12.0. The Morgan fingerprint density at radius 1 is 1.35 bits per heavy atom.